The molecule has 1 nitrogen and oxygen atoms in total. The normalized spacial score (nSPS) is 13.3. The first-order chi connectivity index (χ1) is 25.0. The molecule has 7 aromatic carbocycles. The van der Waals surface area contributed by atoms with Gasteiger partial charge in [-0.15, -0.1) is 0 Å². The molecule has 0 radical (unpaired) electrons. The van der Waals surface area contributed by atoms with Crippen molar-refractivity contribution in [2.75, 3.05) is 0 Å². The number of fused-ring (bicyclic) bond motifs is 9. The third-order valence-electron chi connectivity index (χ3n) is 10.8. The highest BCUT2D eigenvalue weighted by molar-refractivity contribution is 6.28. The van der Waals surface area contributed by atoms with E-state index in [2.05, 4.69) is 167 Å². The molecule has 51 heavy (non-hydrogen) atoms. The van der Waals surface area contributed by atoms with E-state index in [0.29, 0.717) is 0 Å². The lowest BCUT2D eigenvalue weighted by molar-refractivity contribution is 0.660. The van der Waals surface area contributed by atoms with E-state index < -0.39 is 0 Å². The van der Waals surface area contributed by atoms with Crippen molar-refractivity contribution in [3.63, 3.8) is 0 Å². The van der Waals surface area contributed by atoms with Gasteiger partial charge in [-0.1, -0.05) is 167 Å². The van der Waals surface area contributed by atoms with Crippen LogP contribution in [0, 0.1) is 0 Å². The molecule has 0 saturated heterocycles. The van der Waals surface area contributed by atoms with Crippen LogP contribution in [0.1, 0.15) is 30.5 Å². The van der Waals surface area contributed by atoms with E-state index in [1.54, 1.807) is 0 Å². The largest absolute Gasteiger partial charge is 0.248 e. The summed E-state index contributed by atoms with van der Waals surface area (Å²) in [5.74, 6) is 0. The second-order valence-corrected chi connectivity index (χ2v) is 14.0. The minimum Gasteiger partial charge on any atom is -0.248 e. The third-order valence-corrected chi connectivity index (χ3v) is 10.8. The lowest BCUT2D eigenvalue weighted by atomic mass is 9.81. The lowest BCUT2D eigenvalue weighted by Crippen LogP contribution is -2.14. The number of aromatic nitrogens is 1. The van der Waals surface area contributed by atoms with E-state index in [0.717, 1.165) is 33.7 Å². The van der Waals surface area contributed by atoms with Gasteiger partial charge in [-0.2, -0.15) is 0 Å². The molecule has 8 aromatic rings. The van der Waals surface area contributed by atoms with Crippen LogP contribution in [0.25, 0.3) is 82.7 Å². The van der Waals surface area contributed by atoms with E-state index in [1.807, 2.05) is 24.3 Å². The second-order valence-electron chi connectivity index (χ2n) is 14.0. The van der Waals surface area contributed by atoms with Crippen LogP contribution in [0.2, 0.25) is 0 Å². The van der Waals surface area contributed by atoms with Gasteiger partial charge in [0.25, 0.3) is 0 Å². The lowest BCUT2D eigenvalue weighted by Gasteiger charge is -2.22. The monoisotopic (exact) mass is 651 g/mol. The van der Waals surface area contributed by atoms with Gasteiger partial charge in [-0.05, 0) is 101 Å². The van der Waals surface area contributed by atoms with E-state index in [9.17, 15) is 0 Å². The predicted molar refractivity (Wildman–Crippen MR) is 219 cm³/mol. The van der Waals surface area contributed by atoms with E-state index >= 15 is 0 Å². The zero-order valence-electron chi connectivity index (χ0n) is 28.9. The fraction of sp³-hybridized carbons (Fsp3) is 0.0600. The zero-order chi connectivity index (χ0) is 34.7. The summed E-state index contributed by atoms with van der Waals surface area (Å²) in [6.45, 7) is 12.8. The van der Waals surface area contributed by atoms with Crippen LogP contribution in [-0.4, -0.2) is 4.98 Å². The Hall–Kier alpha value is -6.31. The van der Waals surface area contributed by atoms with Gasteiger partial charge >= 0.3 is 0 Å². The van der Waals surface area contributed by atoms with Crippen molar-refractivity contribution in [1.29, 1.82) is 0 Å². The summed E-state index contributed by atoms with van der Waals surface area (Å²) in [4.78, 5) is 5.36. The summed E-state index contributed by atoms with van der Waals surface area (Å²) in [5.41, 5.74) is 13.9. The number of hydrogen-bond donors (Lipinski definition) is 0. The number of rotatable bonds is 6. The molecule has 1 heteroatoms. The van der Waals surface area contributed by atoms with Crippen molar-refractivity contribution in [2.45, 2.75) is 19.3 Å². The minimum atomic E-state index is -0.0632. The Morgan fingerprint density at radius 1 is 0.510 bits per heavy atom. The molecule has 0 N–H and O–H groups in total. The van der Waals surface area contributed by atoms with Crippen molar-refractivity contribution in [1.82, 2.24) is 4.98 Å². The molecule has 1 aliphatic rings. The molecule has 0 bridgehead atoms. The smallest absolute Gasteiger partial charge is 0.0722 e. The zero-order valence-corrected chi connectivity index (χ0v) is 28.9. The fourth-order valence-electron chi connectivity index (χ4n) is 8.28. The second kappa shape index (κ2) is 11.9. The molecule has 0 aliphatic heterocycles. The average Bonchev–Trinajstić information content (AvgIpc) is 3.42. The Bertz CT molecular complexity index is 2740. The first-order valence-corrected chi connectivity index (χ1v) is 17.6. The molecule has 1 aliphatic carbocycles. The Morgan fingerprint density at radius 2 is 1.14 bits per heavy atom. The van der Waals surface area contributed by atoms with Crippen molar-refractivity contribution in [2.24, 2.45) is 0 Å². The predicted octanol–water partition coefficient (Wildman–Crippen LogP) is 13.6. The van der Waals surface area contributed by atoms with Gasteiger partial charge < -0.3 is 0 Å². The molecule has 1 aromatic heterocycles. The number of allylic oxidation sites excluding steroid dienone is 4. The van der Waals surface area contributed by atoms with Gasteiger partial charge in [-0.3, -0.25) is 0 Å². The SMILES string of the molecule is C=C/C=C(\C=C)c1cc(-c2ccccc2)nc(-c2cccc3c4ccccc4c4ccc(-c5ccc6c(c5)C(C)(C)c5ccccc5-6)cc4c23)c1. The van der Waals surface area contributed by atoms with Crippen LogP contribution in [0.15, 0.2) is 177 Å². The minimum absolute atomic E-state index is 0.0632. The molecule has 0 saturated carbocycles. The number of benzene rings is 7. The topological polar surface area (TPSA) is 12.9 Å². The summed E-state index contributed by atoms with van der Waals surface area (Å²) in [6, 6.07) is 53.1. The van der Waals surface area contributed by atoms with Gasteiger partial charge in [0, 0.05) is 16.5 Å². The first-order valence-electron chi connectivity index (χ1n) is 17.6. The van der Waals surface area contributed by atoms with Gasteiger partial charge in [0.15, 0.2) is 0 Å². The molecular weight excluding hydrogens is 615 g/mol. The summed E-state index contributed by atoms with van der Waals surface area (Å²) < 4.78 is 0. The Labute approximate surface area is 299 Å². The fourth-order valence-corrected chi connectivity index (χ4v) is 8.28. The summed E-state index contributed by atoms with van der Waals surface area (Å²) >= 11 is 0. The highest BCUT2D eigenvalue weighted by atomic mass is 14.7. The number of nitrogens with zero attached hydrogens (tertiary/aromatic N) is 1. The maximum Gasteiger partial charge on any atom is 0.0722 e. The maximum absolute atomic E-state index is 5.36. The Kier molecular flexibility index (Phi) is 7.19. The number of pyridine rings is 1. The average molecular weight is 652 g/mol. The van der Waals surface area contributed by atoms with Gasteiger partial charge in [-0.25, -0.2) is 4.98 Å². The van der Waals surface area contributed by atoms with Crippen LogP contribution >= 0.6 is 0 Å². The molecule has 0 amide bonds. The summed E-state index contributed by atoms with van der Waals surface area (Å²) in [7, 11) is 0. The highest BCUT2D eigenvalue weighted by Crippen LogP contribution is 2.50. The summed E-state index contributed by atoms with van der Waals surface area (Å²) in [5, 5.41) is 7.38. The standard InChI is InChI=1S/C50H37N/c1-5-15-32(6-2)36-30-47(33-16-8-7-9-17-33)51-48(31-36)43-22-14-21-42-38-19-11-10-18-37(38)39-26-24-34(28-44(39)49(42)43)35-25-27-41-40-20-12-13-23-45(40)50(3,4)46(41)29-35/h5-31H,1-2H2,3-4H3/b32-15+. The third kappa shape index (κ3) is 4.88. The molecule has 9 rings (SSSR count). The van der Waals surface area contributed by atoms with Crippen LogP contribution in [0.5, 0.6) is 0 Å². The van der Waals surface area contributed by atoms with Crippen LogP contribution in [-0.2, 0) is 5.41 Å². The van der Waals surface area contributed by atoms with Gasteiger partial charge in [0.05, 0.1) is 11.4 Å². The Balaban J connectivity index is 1.32. The molecule has 0 spiro atoms. The molecular formula is C50H37N. The van der Waals surface area contributed by atoms with E-state index in [-0.39, 0.29) is 5.41 Å². The van der Waals surface area contributed by atoms with Crippen LogP contribution < -0.4 is 0 Å². The Morgan fingerprint density at radius 3 is 1.94 bits per heavy atom. The van der Waals surface area contributed by atoms with Crippen LogP contribution in [0.3, 0.4) is 0 Å². The first kappa shape index (κ1) is 30.7. The van der Waals surface area contributed by atoms with Crippen molar-refractivity contribution in [3.8, 4) is 44.8 Å². The van der Waals surface area contributed by atoms with Crippen LogP contribution in [0.4, 0.5) is 0 Å². The molecule has 0 atom stereocenters. The van der Waals surface area contributed by atoms with Crippen molar-refractivity contribution < 1.29 is 0 Å². The van der Waals surface area contributed by atoms with Crippen molar-refractivity contribution >= 4 is 37.9 Å². The molecule has 1 heterocycles. The van der Waals surface area contributed by atoms with Crippen molar-refractivity contribution in [3.05, 3.63) is 194 Å². The molecule has 0 fully saturated rings. The molecule has 242 valence electrons. The van der Waals surface area contributed by atoms with E-state index in [4.69, 9.17) is 4.98 Å². The highest BCUT2D eigenvalue weighted by Gasteiger charge is 2.35. The quantitative estimate of drug-likeness (QED) is 0.129. The molecule has 0 unspecified atom stereocenters. The maximum atomic E-state index is 5.36. The van der Waals surface area contributed by atoms with Gasteiger partial charge in [0.1, 0.15) is 0 Å². The number of hydrogen-bond acceptors (Lipinski definition) is 1. The summed E-state index contributed by atoms with van der Waals surface area (Å²) in [6.07, 6.45) is 5.72. The van der Waals surface area contributed by atoms with E-state index in [1.165, 1.54) is 65.7 Å². The van der Waals surface area contributed by atoms with Gasteiger partial charge in [0.2, 0.25) is 0 Å².